The molecule has 0 N–H and O–H groups in total. The molecule has 1 atom stereocenters. The smallest absolute Gasteiger partial charge is 0.271 e. The van der Waals surface area contributed by atoms with E-state index < -0.39 is 21.5 Å². The number of fused-ring (bicyclic) bond motifs is 1. The Bertz CT molecular complexity index is 1880. The number of nitrogens with zero attached hydrogens (tertiary/aromatic N) is 5. The minimum atomic E-state index is -4.35. The Morgan fingerprint density at radius 3 is 2.34 bits per heavy atom. The summed E-state index contributed by atoms with van der Waals surface area (Å²) in [6, 6.07) is 23.2. The second-order valence-corrected chi connectivity index (χ2v) is 12.8. The Morgan fingerprint density at radius 2 is 1.66 bits per heavy atom. The molecule has 1 saturated heterocycles. The number of hydrogen-bond acceptors (Lipinski definition) is 8. The Morgan fingerprint density at radius 1 is 0.932 bits per heavy atom. The van der Waals surface area contributed by atoms with Crippen molar-refractivity contribution < 1.29 is 17.9 Å². The number of rotatable bonds is 7. The van der Waals surface area contributed by atoms with Gasteiger partial charge in [0.2, 0.25) is 0 Å². The van der Waals surface area contributed by atoms with E-state index in [9.17, 15) is 13.7 Å². The van der Waals surface area contributed by atoms with Gasteiger partial charge in [0.25, 0.3) is 15.9 Å². The van der Waals surface area contributed by atoms with Crippen molar-refractivity contribution in [3.63, 3.8) is 0 Å². The molecule has 4 aromatic rings. The van der Waals surface area contributed by atoms with Gasteiger partial charge in [-0.05, 0) is 68.8 Å². The van der Waals surface area contributed by atoms with Crippen molar-refractivity contribution in [2.24, 2.45) is 0 Å². The number of amides is 1. The predicted molar refractivity (Wildman–Crippen MR) is 168 cm³/mol. The zero-order valence-electron chi connectivity index (χ0n) is 24.9. The fourth-order valence-electron chi connectivity index (χ4n) is 6.51. The van der Waals surface area contributed by atoms with Crippen molar-refractivity contribution in [2.45, 2.75) is 31.2 Å². The molecule has 1 unspecified atom stereocenters. The van der Waals surface area contributed by atoms with Crippen LogP contribution in [0.25, 0.3) is 0 Å². The van der Waals surface area contributed by atoms with E-state index in [1.807, 2.05) is 49.1 Å². The number of anilines is 2. The van der Waals surface area contributed by atoms with Crippen LogP contribution in [0.5, 0.6) is 5.75 Å². The van der Waals surface area contributed by atoms with E-state index >= 15 is 4.79 Å². The van der Waals surface area contributed by atoms with Crippen LogP contribution in [-0.4, -0.2) is 57.0 Å². The summed E-state index contributed by atoms with van der Waals surface area (Å²) in [7, 11) is -4.35. The van der Waals surface area contributed by atoms with Crippen LogP contribution in [0, 0.1) is 25.2 Å². The van der Waals surface area contributed by atoms with Crippen molar-refractivity contribution in [3.05, 3.63) is 113 Å². The number of hydrogen-bond donors (Lipinski definition) is 0. The molecule has 6 rings (SSSR count). The predicted octanol–water partition coefficient (Wildman–Crippen LogP) is 4.77. The van der Waals surface area contributed by atoms with Gasteiger partial charge in [-0.2, -0.15) is 5.26 Å². The van der Waals surface area contributed by atoms with Crippen molar-refractivity contribution in [3.8, 4) is 11.8 Å². The molecule has 2 aliphatic rings. The first-order valence-electron chi connectivity index (χ1n) is 14.6. The van der Waals surface area contributed by atoms with Crippen LogP contribution in [0.3, 0.4) is 0 Å². The summed E-state index contributed by atoms with van der Waals surface area (Å²) in [6.45, 7) is 7.92. The molecule has 9 nitrogen and oxygen atoms in total. The van der Waals surface area contributed by atoms with Gasteiger partial charge >= 0.3 is 0 Å². The molecule has 0 spiro atoms. The zero-order valence-corrected chi connectivity index (χ0v) is 25.7. The molecule has 3 heterocycles. The maximum absolute atomic E-state index is 15.2. The Kier molecular flexibility index (Phi) is 7.61. The van der Waals surface area contributed by atoms with Crippen LogP contribution in [-0.2, 0) is 20.4 Å². The van der Waals surface area contributed by atoms with E-state index in [1.165, 1.54) is 0 Å². The number of carbonyl (C=O) groups excluding carboxylic acids is 1. The van der Waals surface area contributed by atoms with Crippen LogP contribution in [0.2, 0.25) is 0 Å². The molecule has 0 bridgehead atoms. The lowest BCUT2D eigenvalue weighted by Crippen LogP contribution is -2.60. The van der Waals surface area contributed by atoms with Gasteiger partial charge in [-0.1, -0.05) is 35.9 Å². The number of para-hydroxylation sites is 1. The van der Waals surface area contributed by atoms with Gasteiger partial charge in [0, 0.05) is 55.4 Å². The molecule has 1 amide bonds. The van der Waals surface area contributed by atoms with E-state index in [0.29, 0.717) is 60.8 Å². The lowest BCUT2D eigenvalue weighted by atomic mass is 9.80. The van der Waals surface area contributed by atoms with Crippen LogP contribution in [0.1, 0.15) is 34.7 Å². The zero-order chi connectivity index (χ0) is 31.1. The largest absolute Gasteiger partial charge is 0.493 e. The fourth-order valence-corrected chi connectivity index (χ4v) is 8.18. The molecule has 2 aliphatic heterocycles. The highest BCUT2D eigenvalue weighted by atomic mass is 32.2. The second-order valence-electron chi connectivity index (χ2n) is 11.0. The molecule has 44 heavy (non-hydrogen) atoms. The lowest BCUT2D eigenvalue weighted by Gasteiger charge is -2.46. The molecule has 3 aromatic carbocycles. The number of aryl methyl sites for hydroxylation is 2. The first kappa shape index (κ1) is 29.4. The fraction of sp³-hybridized carbons (Fsp3) is 0.265. The highest BCUT2D eigenvalue weighted by Crippen LogP contribution is 2.53. The van der Waals surface area contributed by atoms with Crippen molar-refractivity contribution in [1.82, 2.24) is 9.88 Å². The normalized spacial score (nSPS) is 18.6. The molecule has 1 fully saturated rings. The highest BCUT2D eigenvalue weighted by molar-refractivity contribution is 7.93. The topological polar surface area (TPSA) is 107 Å². The Hall–Kier alpha value is -4.72. The van der Waals surface area contributed by atoms with Gasteiger partial charge in [-0.25, -0.2) is 12.7 Å². The number of ether oxygens (including phenoxy) is 1. The van der Waals surface area contributed by atoms with Crippen LogP contribution < -0.4 is 13.9 Å². The van der Waals surface area contributed by atoms with E-state index in [4.69, 9.17) is 4.74 Å². The summed E-state index contributed by atoms with van der Waals surface area (Å²) in [5.74, 6) is -0.133. The molecule has 0 radical (unpaired) electrons. The van der Waals surface area contributed by atoms with Crippen molar-refractivity contribution in [1.29, 1.82) is 5.26 Å². The minimum Gasteiger partial charge on any atom is -0.493 e. The summed E-state index contributed by atoms with van der Waals surface area (Å²) in [4.78, 5) is 23.7. The van der Waals surface area contributed by atoms with Gasteiger partial charge < -0.3 is 9.64 Å². The molecular weight excluding hydrogens is 574 g/mol. The summed E-state index contributed by atoms with van der Waals surface area (Å²) < 4.78 is 36.1. The average Bonchev–Trinajstić information content (AvgIpc) is 3.30. The lowest BCUT2D eigenvalue weighted by molar-refractivity contribution is -0.127. The number of pyridine rings is 1. The van der Waals surface area contributed by atoms with Crippen LogP contribution >= 0.6 is 0 Å². The maximum atomic E-state index is 15.2. The molecule has 10 heteroatoms. The quantitative estimate of drug-likeness (QED) is 0.296. The number of benzene rings is 3. The van der Waals surface area contributed by atoms with Gasteiger partial charge in [0.05, 0.1) is 28.8 Å². The van der Waals surface area contributed by atoms with Gasteiger partial charge in [0.1, 0.15) is 5.75 Å². The van der Waals surface area contributed by atoms with Gasteiger partial charge in [-0.15, -0.1) is 0 Å². The third kappa shape index (κ3) is 4.60. The average molecular weight is 608 g/mol. The third-order valence-corrected chi connectivity index (χ3v) is 10.3. The number of nitriles is 1. The van der Waals surface area contributed by atoms with Crippen molar-refractivity contribution >= 4 is 27.3 Å². The molecule has 0 aliphatic carbocycles. The third-order valence-electron chi connectivity index (χ3n) is 8.44. The first-order chi connectivity index (χ1) is 21.2. The number of aromatic nitrogens is 1. The van der Waals surface area contributed by atoms with Gasteiger partial charge in [0.15, 0.2) is 5.54 Å². The van der Waals surface area contributed by atoms with E-state index in [1.54, 1.807) is 61.8 Å². The highest BCUT2D eigenvalue weighted by Gasteiger charge is 2.60. The molecule has 224 valence electrons. The molecular formula is C34H33N5O4S. The van der Waals surface area contributed by atoms with Crippen molar-refractivity contribution in [2.75, 3.05) is 42.0 Å². The first-order valence-corrected chi connectivity index (χ1v) is 16.0. The Balaban J connectivity index is 1.58. The summed E-state index contributed by atoms with van der Waals surface area (Å²) in [6.07, 6.45) is 3.50. The minimum absolute atomic E-state index is 0.0585. The summed E-state index contributed by atoms with van der Waals surface area (Å²) >= 11 is 0. The van der Waals surface area contributed by atoms with E-state index in [2.05, 4.69) is 16.0 Å². The number of carbonyl (C=O) groups is 1. The summed E-state index contributed by atoms with van der Waals surface area (Å²) in [5, 5.41) is 9.93. The molecule has 0 saturated carbocycles. The standard InChI is InChI=1S/C34H33N5O4S/c1-4-43-31-8-6-5-7-28(31)34(38-19-17-37(18-20-38)27-13-15-36-16-14-27)29-22-26(23-35)10-11-30(29)39(33(34)40)44(41,42)32-12-9-24(2)21-25(32)3/h5-16,21-22H,4,17-20H2,1-3H3. The molecule has 1 aromatic heterocycles. The second kappa shape index (κ2) is 11.4. The monoisotopic (exact) mass is 607 g/mol. The van der Waals surface area contributed by atoms with Crippen LogP contribution in [0.4, 0.5) is 11.4 Å². The Labute approximate surface area is 258 Å². The number of piperazine rings is 1. The van der Waals surface area contributed by atoms with E-state index in [-0.39, 0.29) is 10.6 Å². The number of sulfonamides is 1. The maximum Gasteiger partial charge on any atom is 0.271 e. The van der Waals surface area contributed by atoms with Gasteiger partial charge in [-0.3, -0.25) is 14.7 Å². The van der Waals surface area contributed by atoms with Crippen LogP contribution in [0.15, 0.2) is 90.1 Å². The van der Waals surface area contributed by atoms with E-state index in [0.717, 1.165) is 15.6 Å². The summed E-state index contributed by atoms with van der Waals surface area (Å²) in [5.41, 5.74) is 2.47. The SMILES string of the molecule is CCOc1ccccc1C1(N2CCN(c3ccncc3)CC2)C(=O)N(S(=O)(=O)c2ccc(C)cc2C)c2ccc(C#N)cc21.